The number of aromatic nitrogens is 3. The number of hydrogen-bond acceptors (Lipinski definition) is 5. The number of carbonyl (C=O) groups is 1. The Morgan fingerprint density at radius 3 is 2.58 bits per heavy atom. The first-order valence-electron chi connectivity index (χ1n) is 9.26. The molecule has 2 heterocycles. The van der Waals surface area contributed by atoms with E-state index in [4.69, 9.17) is 19.9 Å². The van der Waals surface area contributed by atoms with Crippen LogP contribution in [0.25, 0.3) is 5.69 Å². The quantitative estimate of drug-likeness (QED) is 0.731. The van der Waals surface area contributed by atoms with Crippen molar-refractivity contribution in [2.75, 3.05) is 26.3 Å². The van der Waals surface area contributed by atoms with Crippen molar-refractivity contribution in [3.63, 3.8) is 0 Å². The molecule has 7 nitrogen and oxygen atoms in total. The minimum absolute atomic E-state index is 0.270. The maximum atomic E-state index is 11.1. The van der Waals surface area contributed by atoms with E-state index >= 15 is 0 Å². The van der Waals surface area contributed by atoms with Crippen LogP contribution in [0.1, 0.15) is 48.2 Å². The summed E-state index contributed by atoms with van der Waals surface area (Å²) in [5.41, 5.74) is 1.11. The molecule has 1 aromatic heterocycles. The molecule has 0 aliphatic carbocycles. The minimum atomic E-state index is -0.927. The normalized spacial score (nSPS) is 15.3. The Bertz CT molecular complexity index is 721. The lowest BCUT2D eigenvalue weighted by Gasteiger charge is -2.26. The third-order valence-corrected chi connectivity index (χ3v) is 4.55. The highest BCUT2D eigenvalue weighted by atomic mass is 16.5. The van der Waals surface area contributed by atoms with E-state index in [2.05, 4.69) is 11.8 Å². The van der Waals surface area contributed by atoms with Crippen molar-refractivity contribution in [1.82, 2.24) is 19.7 Å². The molecule has 1 fully saturated rings. The summed E-state index contributed by atoms with van der Waals surface area (Å²) in [5.74, 6) is 0.814. The van der Waals surface area contributed by atoms with E-state index in [1.165, 1.54) is 6.42 Å². The van der Waals surface area contributed by atoms with Crippen LogP contribution in [0.15, 0.2) is 24.3 Å². The summed E-state index contributed by atoms with van der Waals surface area (Å²) in [5, 5.41) is 13.8. The van der Waals surface area contributed by atoms with Gasteiger partial charge in [-0.15, -0.1) is 0 Å². The lowest BCUT2D eigenvalue weighted by molar-refractivity contribution is 0.0328. The molecule has 26 heavy (non-hydrogen) atoms. The van der Waals surface area contributed by atoms with Gasteiger partial charge >= 0.3 is 5.97 Å². The summed E-state index contributed by atoms with van der Waals surface area (Å²) in [6.07, 6.45) is 4.28. The van der Waals surface area contributed by atoms with E-state index in [-0.39, 0.29) is 5.56 Å². The van der Waals surface area contributed by atoms with Crippen molar-refractivity contribution < 1.29 is 14.6 Å². The van der Waals surface area contributed by atoms with Crippen LogP contribution in [0.5, 0.6) is 0 Å². The summed E-state index contributed by atoms with van der Waals surface area (Å²) in [4.78, 5) is 18.1. The van der Waals surface area contributed by atoms with Crippen LogP contribution in [-0.2, 0) is 17.7 Å². The van der Waals surface area contributed by atoms with Gasteiger partial charge in [-0.1, -0.05) is 19.8 Å². The lowest BCUT2D eigenvalue weighted by Crippen LogP contribution is -2.36. The molecule has 3 rings (SSSR count). The van der Waals surface area contributed by atoms with Crippen LogP contribution in [0.2, 0.25) is 0 Å². The number of aromatic carboxylic acids is 1. The molecule has 140 valence electrons. The first kappa shape index (κ1) is 18.5. The molecule has 0 radical (unpaired) electrons. The highest BCUT2D eigenvalue weighted by Gasteiger charge is 2.17. The maximum Gasteiger partial charge on any atom is 0.335 e. The molecule has 1 N–H and O–H groups in total. The zero-order chi connectivity index (χ0) is 18.4. The number of benzene rings is 1. The summed E-state index contributed by atoms with van der Waals surface area (Å²) in [6.45, 7) is 6.15. The van der Waals surface area contributed by atoms with E-state index in [1.807, 2.05) is 4.68 Å². The first-order chi connectivity index (χ1) is 12.7. The maximum absolute atomic E-state index is 11.1. The van der Waals surface area contributed by atoms with Gasteiger partial charge < -0.3 is 9.84 Å². The Kier molecular flexibility index (Phi) is 6.35. The monoisotopic (exact) mass is 358 g/mol. The molecule has 1 aliphatic heterocycles. The second-order valence-electron chi connectivity index (χ2n) is 6.55. The zero-order valence-electron chi connectivity index (χ0n) is 15.2. The average Bonchev–Trinajstić information content (AvgIpc) is 3.05. The van der Waals surface area contributed by atoms with Gasteiger partial charge in [0.2, 0.25) is 0 Å². The summed E-state index contributed by atoms with van der Waals surface area (Å²) >= 11 is 0. The van der Waals surface area contributed by atoms with Gasteiger partial charge in [0.25, 0.3) is 0 Å². The SMILES string of the molecule is CCCCCc1nc(CN2CCOCC2)n(-c2ccc(C(=O)O)cc2)n1. The molecular weight excluding hydrogens is 332 g/mol. The molecule has 7 heteroatoms. The molecule has 0 unspecified atom stereocenters. The Morgan fingerprint density at radius 2 is 1.92 bits per heavy atom. The third kappa shape index (κ3) is 4.68. The molecule has 0 saturated carbocycles. The van der Waals surface area contributed by atoms with Gasteiger partial charge in [-0.3, -0.25) is 4.90 Å². The number of unbranched alkanes of at least 4 members (excludes halogenated alkanes) is 2. The number of aryl methyl sites for hydroxylation is 1. The van der Waals surface area contributed by atoms with Gasteiger partial charge in [-0.2, -0.15) is 5.10 Å². The van der Waals surface area contributed by atoms with Crippen LogP contribution in [0, 0.1) is 0 Å². The lowest BCUT2D eigenvalue weighted by atomic mass is 10.2. The molecule has 1 aromatic carbocycles. The highest BCUT2D eigenvalue weighted by molar-refractivity contribution is 5.87. The molecule has 0 amide bonds. The number of carboxylic acid groups (broad SMARTS) is 1. The van der Waals surface area contributed by atoms with Crippen molar-refractivity contribution in [1.29, 1.82) is 0 Å². The van der Waals surface area contributed by atoms with Crippen molar-refractivity contribution >= 4 is 5.97 Å². The van der Waals surface area contributed by atoms with Crippen molar-refractivity contribution in [3.8, 4) is 5.69 Å². The first-order valence-corrected chi connectivity index (χ1v) is 9.26. The van der Waals surface area contributed by atoms with E-state index in [0.717, 1.165) is 62.9 Å². The summed E-state index contributed by atoms with van der Waals surface area (Å²) in [6, 6.07) is 6.79. The Hall–Kier alpha value is -2.25. The fraction of sp³-hybridized carbons (Fsp3) is 0.526. The van der Waals surface area contributed by atoms with Crippen LogP contribution in [0.3, 0.4) is 0 Å². The minimum Gasteiger partial charge on any atom is -0.478 e. The topological polar surface area (TPSA) is 80.5 Å². The molecule has 2 aromatic rings. The Morgan fingerprint density at radius 1 is 1.19 bits per heavy atom. The number of morpholine rings is 1. The number of hydrogen-bond donors (Lipinski definition) is 1. The second-order valence-corrected chi connectivity index (χ2v) is 6.55. The van der Waals surface area contributed by atoms with Gasteiger partial charge in [0, 0.05) is 19.5 Å². The van der Waals surface area contributed by atoms with Gasteiger partial charge in [0.05, 0.1) is 31.0 Å². The largest absolute Gasteiger partial charge is 0.478 e. The average molecular weight is 358 g/mol. The van der Waals surface area contributed by atoms with Crippen LogP contribution < -0.4 is 0 Å². The van der Waals surface area contributed by atoms with Gasteiger partial charge in [0.15, 0.2) is 5.82 Å². The Balaban J connectivity index is 1.83. The van der Waals surface area contributed by atoms with Crippen LogP contribution in [0.4, 0.5) is 0 Å². The molecular formula is C19H26N4O3. The molecule has 0 atom stereocenters. The van der Waals surface area contributed by atoms with E-state index in [9.17, 15) is 4.79 Å². The molecule has 1 saturated heterocycles. The fourth-order valence-electron chi connectivity index (χ4n) is 3.04. The number of rotatable bonds is 8. The summed E-state index contributed by atoms with van der Waals surface area (Å²) in [7, 11) is 0. The molecule has 1 aliphatic rings. The van der Waals surface area contributed by atoms with Crippen molar-refractivity contribution in [2.24, 2.45) is 0 Å². The van der Waals surface area contributed by atoms with Gasteiger partial charge in [-0.05, 0) is 30.7 Å². The third-order valence-electron chi connectivity index (χ3n) is 4.55. The van der Waals surface area contributed by atoms with Crippen LogP contribution >= 0.6 is 0 Å². The highest BCUT2D eigenvalue weighted by Crippen LogP contribution is 2.15. The second kappa shape index (κ2) is 8.91. The molecule has 0 spiro atoms. The zero-order valence-corrected chi connectivity index (χ0v) is 15.2. The van der Waals surface area contributed by atoms with E-state index < -0.39 is 5.97 Å². The fourth-order valence-corrected chi connectivity index (χ4v) is 3.04. The van der Waals surface area contributed by atoms with Gasteiger partial charge in [0.1, 0.15) is 5.82 Å². The predicted octanol–water partition coefficient (Wildman–Crippen LogP) is 2.53. The number of nitrogens with zero attached hydrogens (tertiary/aromatic N) is 4. The predicted molar refractivity (Wildman–Crippen MR) is 97.6 cm³/mol. The smallest absolute Gasteiger partial charge is 0.335 e. The molecule has 0 bridgehead atoms. The Labute approximate surface area is 153 Å². The number of ether oxygens (including phenoxy) is 1. The van der Waals surface area contributed by atoms with Crippen molar-refractivity contribution in [3.05, 3.63) is 41.5 Å². The van der Waals surface area contributed by atoms with Gasteiger partial charge in [-0.25, -0.2) is 14.5 Å². The van der Waals surface area contributed by atoms with E-state index in [0.29, 0.717) is 6.54 Å². The number of carboxylic acids is 1. The van der Waals surface area contributed by atoms with Crippen LogP contribution in [-0.4, -0.2) is 57.0 Å². The van der Waals surface area contributed by atoms with Crippen molar-refractivity contribution in [2.45, 2.75) is 39.2 Å². The standard InChI is InChI=1S/C19H26N4O3/c1-2-3-4-5-17-20-18(14-22-10-12-26-13-11-22)23(21-17)16-8-6-15(7-9-16)19(24)25/h6-9H,2-5,10-14H2,1H3,(H,24,25). The summed E-state index contributed by atoms with van der Waals surface area (Å²) < 4.78 is 7.27. The van der Waals surface area contributed by atoms with E-state index in [1.54, 1.807) is 24.3 Å².